The van der Waals surface area contributed by atoms with E-state index in [0.29, 0.717) is 0 Å². The van der Waals surface area contributed by atoms with Crippen molar-refractivity contribution >= 4 is 16.6 Å². The summed E-state index contributed by atoms with van der Waals surface area (Å²) in [4.78, 5) is 5.58. The monoisotopic (exact) mass is 202 g/mol. The normalized spacial score (nSPS) is 17.2. The summed E-state index contributed by atoms with van der Waals surface area (Å²) < 4.78 is 5.35. The number of nitrogens with zero attached hydrogens (tertiary/aromatic N) is 1. The van der Waals surface area contributed by atoms with E-state index in [1.54, 1.807) is 0 Å². The zero-order valence-corrected chi connectivity index (χ0v) is 8.57. The van der Waals surface area contributed by atoms with Crippen molar-refractivity contribution < 1.29 is 4.74 Å². The second-order valence-electron chi connectivity index (χ2n) is 3.85. The van der Waals surface area contributed by atoms with Gasteiger partial charge in [-0.1, -0.05) is 0 Å². The van der Waals surface area contributed by atoms with E-state index in [1.807, 2.05) is 6.20 Å². The molecule has 3 nitrogen and oxygen atoms in total. The number of morpholine rings is 1. The number of nitrogens with one attached hydrogen (secondary N) is 1. The molecule has 0 radical (unpaired) electrons. The Morgan fingerprint density at radius 3 is 2.87 bits per heavy atom. The summed E-state index contributed by atoms with van der Waals surface area (Å²) in [6, 6.07) is 8.65. The van der Waals surface area contributed by atoms with Crippen LogP contribution in [0.3, 0.4) is 0 Å². The maximum absolute atomic E-state index is 5.35. The molecule has 1 aliphatic rings. The van der Waals surface area contributed by atoms with E-state index in [-0.39, 0.29) is 0 Å². The number of aromatic nitrogens is 1. The van der Waals surface area contributed by atoms with E-state index in [9.17, 15) is 0 Å². The summed E-state index contributed by atoms with van der Waals surface area (Å²) in [5.74, 6) is 0. The molecule has 2 heterocycles. The first-order valence-corrected chi connectivity index (χ1v) is 5.33. The molecule has 1 aromatic heterocycles. The molecule has 0 spiro atoms. The van der Waals surface area contributed by atoms with Gasteiger partial charge in [-0.15, -0.1) is 0 Å². The Bertz CT molecular complexity index is 457. The van der Waals surface area contributed by atoms with Gasteiger partial charge in [-0.05, 0) is 24.3 Å². The van der Waals surface area contributed by atoms with Crippen LogP contribution in [0.5, 0.6) is 0 Å². The van der Waals surface area contributed by atoms with Gasteiger partial charge in [0, 0.05) is 35.9 Å². The third-order valence-corrected chi connectivity index (χ3v) is 2.91. The van der Waals surface area contributed by atoms with Crippen LogP contribution in [0, 0.1) is 0 Å². The van der Waals surface area contributed by atoms with E-state index in [1.165, 1.54) is 16.6 Å². The summed E-state index contributed by atoms with van der Waals surface area (Å²) in [7, 11) is 0. The van der Waals surface area contributed by atoms with Crippen molar-refractivity contribution in [2.75, 3.05) is 31.2 Å². The summed E-state index contributed by atoms with van der Waals surface area (Å²) in [5.41, 5.74) is 2.50. The molecular weight excluding hydrogens is 188 g/mol. The highest BCUT2D eigenvalue weighted by Gasteiger charge is 2.11. The highest BCUT2D eigenvalue weighted by atomic mass is 16.5. The van der Waals surface area contributed by atoms with Gasteiger partial charge < -0.3 is 14.6 Å². The van der Waals surface area contributed by atoms with Crippen LogP contribution in [0.1, 0.15) is 0 Å². The standard InChI is InChI=1S/C12H14N2O/c1-2-12-10(3-4-13-12)9-11(1)14-5-7-15-8-6-14/h1-4,9,13H,5-8H2. The number of hydrogen-bond acceptors (Lipinski definition) is 2. The first kappa shape index (κ1) is 8.80. The first-order chi connectivity index (χ1) is 7.43. The molecule has 15 heavy (non-hydrogen) atoms. The number of benzene rings is 1. The molecule has 1 aliphatic heterocycles. The molecule has 0 unspecified atom stereocenters. The van der Waals surface area contributed by atoms with Gasteiger partial charge in [0.05, 0.1) is 13.2 Å². The average molecular weight is 202 g/mol. The van der Waals surface area contributed by atoms with Gasteiger partial charge in [-0.25, -0.2) is 0 Å². The SMILES string of the molecule is c1cc2cc(N3CCOCC3)ccc2[nH]1. The molecule has 0 amide bonds. The van der Waals surface area contributed by atoms with Crippen LogP contribution in [0.2, 0.25) is 0 Å². The minimum absolute atomic E-state index is 0.838. The molecule has 1 fully saturated rings. The number of hydrogen-bond donors (Lipinski definition) is 1. The lowest BCUT2D eigenvalue weighted by Gasteiger charge is -2.28. The number of ether oxygens (including phenoxy) is 1. The van der Waals surface area contributed by atoms with Gasteiger partial charge in [0.2, 0.25) is 0 Å². The zero-order chi connectivity index (χ0) is 10.1. The largest absolute Gasteiger partial charge is 0.378 e. The predicted molar refractivity (Wildman–Crippen MR) is 61.3 cm³/mol. The molecular formula is C12H14N2O. The van der Waals surface area contributed by atoms with Crippen LogP contribution in [0.25, 0.3) is 10.9 Å². The fourth-order valence-corrected chi connectivity index (χ4v) is 2.06. The van der Waals surface area contributed by atoms with Gasteiger partial charge in [-0.3, -0.25) is 0 Å². The Kier molecular flexibility index (Phi) is 2.10. The lowest BCUT2D eigenvalue weighted by Crippen LogP contribution is -2.36. The third kappa shape index (κ3) is 1.59. The maximum Gasteiger partial charge on any atom is 0.0642 e. The molecule has 1 aromatic carbocycles. The van der Waals surface area contributed by atoms with Crippen LogP contribution in [0.4, 0.5) is 5.69 Å². The van der Waals surface area contributed by atoms with Crippen molar-refractivity contribution in [3.63, 3.8) is 0 Å². The van der Waals surface area contributed by atoms with Crippen LogP contribution in [-0.2, 0) is 4.74 Å². The van der Waals surface area contributed by atoms with Crippen LogP contribution >= 0.6 is 0 Å². The zero-order valence-electron chi connectivity index (χ0n) is 8.57. The Balaban J connectivity index is 1.95. The maximum atomic E-state index is 5.35. The van der Waals surface area contributed by atoms with Gasteiger partial charge >= 0.3 is 0 Å². The van der Waals surface area contributed by atoms with E-state index in [2.05, 4.69) is 34.1 Å². The van der Waals surface area contributed by atoms with E-state index in [0.717, 1.165) is 26.3 Å². The van der Waals surface area contributed by atoms with Crippen molar-refractivity contribution in [1.82, 2.24) is 4.98 Å². The van der Waals surface area contributed by atoms with Crippen molar-refractivity contribution in [2.45, 2.75) is 0 Å². The number of aromatic amines is 1. The summed E-state index contributed by atoms with van der Waals surface area (Å²) >= 11 is 0. The molecule has 0 atom stereocenters. The lowest BCUT2D eigenvalue weighted by molar-refractivity contribution is 0.122. The van der Waals surface area contributed by atoms with Crippen LogP contribution in [0.15, 0.2) is 30.5 Å². The topological polar surface area (TPSA) is 28.3 Å². The molecule has 78 valence electrons. The second kappa shape index (κ2) is 3.59. The molecule has 2 aromatic rings. The molecule has 0 bridgehead atoms. The van der Waals surface area contributed by atoms with Gasteiger partial charge in [0.1, 0.15) is 0 Å². The Labute approximate surface area is 88.6 Å². The van der Waals surface area contributed by atoms with Crippen LogP contribution < -0.4 is 4.90 Å². The Morgan fingerprint density at radius 1 is 1.13 bits per heavy atom. The van der Waals surface area contributed by atoms with E-state index < -0.39 is 0 Å². The van der Waals surface area contributed by atoms with Crippen LogP contribution in [-0.4, -0.2) is 31.3 Å². The Hall–Kier alpha value is -1.48. The van der Waals surface area contributed by atoms with Crippen molar-refractivity contribution in [3.8, 4) is 0 Å². The smallest absolute Gasteiger partial charge is 0.0642 e. The second-order valence-corrected chi connectivity index (χ2v) is 3.85. The summed E-state index contributed by atoms with van der Waals surface area (Å²) in [6.45, 7) is 3.67. The number of rotatable bonds is 1. The van der Waals surface area contributed by atoms with Gasteiger partial charge in [0.25, 0.3) is 0 Å². The minimum Gasteiger partial charge on any atom is -0.378 e. The molecule has 1 N–H and O–H groups in total. The molecule has 0 saturated carbocycles. The van der Waals surface area contributed by atoms with Crippen molar-refractivity contribution in [3.05, 3.63) is 30.5 Å². The fraction of sp³-hybridized carbons (Fsp3) is 0.333. The first-order valence-electron chi connectivity index (χ1n) is 5.33. The summed E-state index contributed by atoms with van der Waals surface area (Å²) in [5, 5.41) is 1.28. The number of anilines is 1. The predicted octanol–water partition coefficient (Wildman–Crippen LogP) is 2.00. The highest BCUT2D eigenvalue weighted by molar-refractivity contribution is 5.83. The van der Waals surface area contributed by atoms with E-state index in [4.69, 9.17) is 4.74 Å². The van der Waals surface area contributed by atoms with Crippen molar-refractivity contribution in [2.24, 2.45) is 0 Å². The summed E-state index contributed by atoms with van der Waals surface area (Å²) in [6.07, 6.45) is 1.98. The average Bonchev–Trinajstić information content (AvgIpc) is 2.77. The molecule has 3 rings (SSSR count). The molecule has 3 heteroatoms. The molecule has 0 aliphatic carbocycles. The fourth-order valence-electron chi connectivity index (χ4n) is 2.06. The Morgan fingerprint density at radius 2 is 2.00 bits per heavy atom. The van der Waals surface area contributed by atoms with Gasteiger partial charge in [0.15, 0.2) is 0 Å². The lowest BCUT2D eigenvalue weighted by atomic mass is 10.2. The quantitative estimate of drug-likeness (QED) is 0.766. The minimum atomic E-state index is 0.838. The van der Waals surface area contributed by atoms with Crippen molar-refractivity contribution in [1.29, 1.82) is 0 Å². The van der Waals surface area contributed by atoms with Gasteiger partial charge in [-0.2, -0.15) is 0 Å². The third-order valence-electron chi connectivity index (χ3n) is 2.91. The number of fused-ring (bicyclic) bond motifs is 1. The number of H-pyrrole nitrogens is 1. The molecule has 1 saturated heterocycles. The highest BCUT2D eigenvalue weighted by Crippen LogP contribution is 2.21. The van der Waals surface area contributed by atoms with E-state index >= 15 is 0 Å².